The van der Waals surface area contributed by atoms with Crippen LogP contribution < -0.4 is 20.7 Å². The van der Waals surface area contributed by atoms with Gasteiger partial charge in [-0.05, 0) is 99.6 Å². The van der Waals surface area contributed by atoms with Crippen LogP contribution in [0.5, 0.6) is 0 Å². The van der Waals surface area contributed by atoms with Gasteiger partial charge in [0.15, 0.2) is 13.9 Å². The van der Waals surface area contributed by atoms with Crippen LogP contribution in [0.3, 0.4) is 0 Å². The van der Waals surface area contributed by atoms with E-state index in [-0.39, 0.29) is 0 Å². The van der Waals surface area contributed by atoms with E-state index >= 15 is 0 Å². The van der Waals surface area contributed by atoms with Gasteiger partial charge in [-0.3, -0.25) is 18.1 Å². The largest absolute Gasteiger partial charge is 0.307 e. The Kier molecular flexibility index (Phi) is 10.5. The first-order valence-corrected chi connectivity index (χ1v) is 31.1. The standard InChI is InChI=1S/C76H49N9Si/c1-4-25-51(26-5-1)82-68-44-20-21-45-69(68)85-70-47-46-62-61-38-14-15-39-63(61)81(72(62)71(70)77-76(82)85)52-27-23-33-56(49-52)86(53-28-6-2-7-29-53,54-30-8-3-9-31-54)55-32-22-24-50(48-55)73-78-74(83-64-40-16-10-34-57(64)58-35-11-17-41-65(58)83)80-75(79-73)84-66-42-18-12-36-59(66)60-37-13-19-43-67(60)84/h1-49H. The van der Waals surface area contributed by atoms with Gasteiger partial charge in [-0.15, -0.1) is 0 Å². The zero-order chi connectivity index (χ0) is 56.5. The smallest absolute Gasteiger partial charge is 0.240 e. The highest BCUT2D eigenvalue weighted by Gasteiger charge is 2.42. The van der Waals surface area contributed by atoms with E-state index in [4.69, 9.17) is 19.9 Å². The molecule has 6 heterocycles. The normalized spacial score (nSPS) is 12.2. The summed E-state index contributed by atoms with van der Waals surface area (Å²) in [5.74, 6) is 2.52. The van der Waals surface area contributed by atoms with Crippen molar-refractivity contribution in [3.05, 3.63) is 297 Å². The van der Waals surface area contributed by atoms with E-state index in [1.54, 1.807) is 0 Å². The molecule has 0 saturated carbocycles. The predicted molar refractivity (Wildman–Crippen MR) is 355 cm³/mol. The van der Waals surface area contributed by atoms with Crippen molar-refractivity contribution >= 4 is 122 Å². The molecule has 6 aromatic heterocycles. The zero-order valence-electron chi connectivity index (χ0n) is 46.3. The first-order chi connectivity index (χ1) is 42.7. The summed E-state index contributed by atoms with van der Waals surface area (Å²) in [6, 6.07) is 107. The summed E-state index contributed by atoms with van der Waals surface area (Å²) in [5.41, 5.74) is 13.5. The molecule has 0 aliphatic rings. The molecule has 0 spiro atoms. The van der Waals surface area contributed by atoms with Crippen LogP contribution in [0.4, 0.5) is 0 Å². The summed E-state index contributed by atoms with van der Waals surface area (Å²) in [6.45, 7) is 0. The van der Waals surface area contributed by atoms with Crippen molar-refractivity contribution in [2.45, 2.75) is 0 Å². The molecule has 0 amide bonds. The third-order valence-corrected chi connectivity index (χ3v) is 22.4. The minimum absolute atomic E-state index is 0.539. The van der Waals surface area contributed by atoms with E-state index in [0.717, 1.165) is 105 Å². The van der Waals surface area contributed by atoms with Gasteiger partial charge >= 0.3 is 0 Å². The molecule has 0 atom stereocenters. The van der Waals surface area contributed by atoms with Crippen molar-refractivity contribution in [3.63, 3.8) is 0 Å². The Hall–Kier alpha value is -11.5. The van der Waals surface area contributed by atoms with E-state index in [1.165, 1.54) is 26.1 Å². The number of rotatable bonds is 9. The van der Waals surface area contributed by atoms with Gasteiger partial charge in [-0.25, -0.2) is 4.98 Å². The number of aromatic nitrogens is 9. The lowest BCUT2D eigenvalue weighted by Gasteiger charge is -2.35. The molecule has 9 nitrogen and oxygen atoms in total. The van der Waals surface area contributed by atoms with E-state index in [9.17, 15) is 0 Å². The second kappa shape index (κ2) is 18.8. The highest BCUT2D eigenvalue weighted by atomic mass is 28.3. The van der Waals surface area contributed by atoms with Crippen LogP contribution in [0.1, 0.15) is 0 Å². The first-order valence-electron chi connectivity index (χ1n) is 29.1. The van der Waals surface area contributed by atoms with Crippen LogP contribution in [0.25, 0.3) is 128 Å². The molecule has 18 rings (SSSR count). The van der Waals surface area contributed by atoms with Crippen molar-refractivity contribution in [1.29, 1.82) is 0 Å². The van der Waals surface area contributed by atoms with Gasteiger partial charge in [0.1, 0.15) is 5.52 Å². The Balaban J connectivity index is 0.893. The van der Waals surface area contributed by atoms with E-state index in [2.05, 4.69) is 320 Å². The molecule has 10 heteroatoms. The van der Waals surface area contributed by atoms with Crippen molar-refractivity contribution < 1.29 is 0 Å². The third-order valence-electron chi connectivity index (χ3n) is 17.7. The van der Waals surface area contributed by atoms with E-state index in [0.29, 0.717) is 17.7 Å². The van der Waals surface area contributed by atoms with Gasteiger partial charge in [-0.2, -0.15) is 15.0 Å². The minimum atomic E-state index is -3.28. The van der Waals surface area contributed by atoms with Crippen LogP contribution in [-0.4, -0.2) is 50.7 Å². The van der Waals surface area contributed by atoms with Crippen LogP contribution >= 0.6 is 0 Å². The SMILES string of the molecule is c1ccc(-n2c3ccccc3n3c4ccc5c6ccccc6n(-c6cccc([Si](c7ccccc7)(c7ccccc7)c7cccc(-c8nc(-n9c%10ccccc%10c%10ccccc%109)nc(-n9c%10ccccc%10c%10ccccc%109)n8)c7)c6)c5c4nc23)cc1. The number of nitrogens with zero attached hydrogens (tertiary/aromatic N) is 9. The average Bonchev–Trinajstić information content (AvgIpc) is 1.84. The van der Waals surface area contributed by atoms with Gasteiger partial charge in [-0.1, -0.05) is 218 Å². The topological polar surface area (TPSA) is 75.7 Å². The number of imidazole rings is 2. The Morgan fingerprint density at radius 1 is 0.256 bits per heavy atom. The molecule has 0 radical (unpaired) electrons. The Morgan fingerprint density at radius 2 is 0.674 bits per heavy atom. The second-order valence-electron chi connectivity index (χ2n) is 22.2. The Bertz CT molecular complexity index is 5460. The highest BCUT2D eigenvalue weighted by molar-refractivity contribution is 7.20. The summed E-state index contributed by atoms with van der Waals surface area (Å²) in [6.07, 6.45) is 0. The molecule has 0 aliphatic carbocycles. The molecular formula is C76H49N9Si. The maximum atomic E-state index is 5.69. The number of hydrogen-bond acceptors (Lipinski definition) is 4. The number of para-hydroxylation sites is 8. The molecule has 0 N–H and O–H groups in total. The van der Waals surface area contributed by atoms with Gasteiger partial charge in [0.05, 0.1) is 49.7 Å². The molecule has 0 fully saturated rings. The minimum Gasteiger partial charge on any atom is -0.307 e. The third kappa shape index (κ3) is 6.92. The first kappa shape index (κ1) is 48.1. The van der Waals surface area contributed by atoms with Crippen molar-refractivity contribution in [3.8, 4) is 34.7 Å². The molecule has 86 heavy (non-hydrogen) atoms. The summed E-state index contributed by atoms with van der Waals surface area (Å²) in [7, 11) is -3.28. The number of hydrogen-bond donors (Lipinski definition) is 0. The average molecular weight is 1120 g/mol. The summed E-state index contributed by atoms with van der Waals surface area (Å²) < 4.78 is 11.5. The van der Waals surface area contributed by atoms with Gasteiger partial charge < -0.3 is 4.57 Å². The van der Waals surface area contributed by atoms with E-state index < -0.39 is 8.07 Å². The van der Waals surface area contributed by atoms with Gasteiger partial charge in [0.25, 0.3) is 0 Å². The van der Waals surface area contributed by atoms with Gasteiger partial charge in [0.2, 0.25) is 17.7 Å². The summed E-state index contributed by atoms with van der Waals surface area (Å²) in [5, 5.41) is 11.8. The van der Waals surface area contributed by atoms with Crippen molar-refractivity contribution in [2.24, 2.45) is 0 Å². The monoisotopic (exact) mass is 1120 g/mol. The van der Waals surface area contributed by atoms with Crippen LogP contribution in [0.15, 0.2) is 297 Å². The number of fused-ring (bicyclic) bond motifs is 15. The Labute approximate surface area is 493 Å². The molecule has 402 valence electrons. The quantitative estimate of drug-likeness (QED) is 0.107. The lowest BCUT2D eigenvalue weighted by atomic mass is 10.1. The molecule has 0 saturated heterocycles. The van der Waals surface area contributed by atoms with Crippen LogP contribution in [0.2, 0.25) is 0 Å². The predicted octanol–water partition coefficient (Wildman–Crippen LogP) is 15.0. The molecule has 18 aromatic rings. The lowest BCUT2D eigenvalue weighted by molar-refractivity contribution is 0.893. The summed E-state index contributed by atoms with van der Waals surface area (Å²) >= 11 is 0. The lowest BCUT2D eigenvalue weighted by Crippen LogP contribution is -2.74. The number of benzene rings is 12. The fourth-order valence-corrected chi connectivity index (χ4v) is 18.9. The maximum Gasteiger partial charge on any atom is 0.240 e. The van der Waals surface area contributed by atoms with E-state index in [1.807, 2.05) is 0 Å². The van der Waals surface area contributed by atoms with Crippen molar-refractivity contribution in [2.75, 3.05) is 0 Å². The fraction of sp³-hybridized carbons (Fsp3) is 0. The molecule has 12 aromatic carbocycles. The molecular weight excluding hydrogens is 1070 g/mol. The van der Waals surface area contributed by atoms with Crippen LogP contribution in [-0.2, 0) is 0 Å². The fourth-order valence-electron chi connectivity index (χ4n) is 14.1. The van der Waals surface area contributed by atoms with Gasteiger partial charge in [0, 0.05) is 49.3 Å². The summed E-state index contributed by atoms with van der Waals surface area (Å²) in [4.78, 5) is 22.3. The maximum absolute atomic E-state index is 5.69. The Morgan fingerprint density at radius 3 is 1.22 bits per heavy atom. The molecule has 0 aliphatic heterocycles. The molecule has 0 unspecified atom stereocenters. The highest BCUT2D eigenvalue weighted by Crippen LogP contribution is 2.40. The second-order valence-corrected chi connectivity index (χ2v) is 26.0. The van der Waals surface area contributed by atoms with Crippen molar-refractivity contribution in [1.82, 2.24) is 42.6 Å². The molecule has 0 bridgehead atoms. The zero-order valence-corrected chi connectivity index (χ0v) is 47.3. The van der Waals surface area contributed by atoms with Crippen LogP contribution in [0, 0.1) is 0 Å².